The van der Waals surface area contributed by atoms with Gasteiger partial charge >= 0.3 is 0 Å². The van der Waals surface area contributed by atoms with Gasteiger partial charge in [0.2, 0.25) is 5.09 Å². The van der Waals surface area contributed by atoms with Crippen molar-refractivity contribution < 1.29 is 17.6 Å². The van der Waals surface area contributed by atoms with Gasteiger partial charge in [0.15, 0.2) is 5.76 Å². The molecule has 1 N–H and O–H groups in total. The molecule has 0 spiro atoms. The zero-order valence-electron chi connectivity index (χ0n) is 10.3. The van der Waals surface area contributed by atoms with Crippen LogP contribution < -0.4 is 5.32 Å². The van der Waals surface area contributed by atoms with Gasteiger partial charge in [-0.2, -0.15) is 0 Å². The standard InChI is InChI=1S/C11H16N2O4S/c1-13(2)18(15,16)10-6-5-9(17-10)11(14)12-7-8-3-4-8/h5-6,8H,3-4,7H2,1-2H3,(H,12,14). The molecular weight excluding hydrogens is 256 g/mol. The van der Waals surface area contributed by atoms with E-state index in [1.165, 1.54) is 26.2 Å². The number of amides is 1. The van der Waals surface area contributed by atoms with Gasteiger partial charge in [0, 0.05) is 20.6 Å². The van der Waals surface area contributed by atoms with E-state index >= 15 is 0 Å². The molecule has 0 radical (unpaired) electrons. The lowest BCUT2D eigenvalue weighted by atomic mass is 10.4. The summed E-state index contributed by atoms with van der Waals surface area (Å²) in [5, 5.41) is 2.50. The molecule has 1 aliphatic rings. The van der Waals surface area contributed by atoms with E-state index in [-0.39, 0.29) is 16.8 Å². The number of carbonyl (C=O) groups excluding carboxylic acids is 1. The van der Waals surface area contributed by atoms with Crippen molar-refractivity contribution in [3.8, 4) is 0 Å². The number of furan rings is 1. The van der Waals surface area contributed by atoms with E-state index in [1.54, 1.807) is 0 Å². The quantitative estimate of drug-likeness (QED) is 0.854. The van der Waals surface area contributed by atoms with Crippen LogP contribution in [-0.4, -0.2) is 39.3 Å². The number of rotatable bonds is 5. The molecule has 6 nitrogen and oxygen atoms in total. The van der Waals surface area contributed by atoms with Gasteiger partial charge in [-0.15, -0.1) is 0 Å². The number of nitrogens with zero attached hydrogens (tertiary/aromatic N) is 1. The summed E-state index contributed by atoms with van der Waals surface area (Å²) in [5.41, 5.74) is 0. The Kier molecular flexibility index (Phi) is 3.45. The van der Waals surface area contributed by atoms with Crippen molar-refractivity contribution in [2.45, 2.75) is 17.9 Å². The number of sulfonamides is 1. The molecule has 2 rings (SSSR count). The van der Waals surface area contributed by atoms with Crippen molar-refractivity contribution in [2.24, 2.45) is 5.92 Å². The van der Waals surface area contributed by atoms with E-state index in [1.807, 2.05) is 0 Å². The minimum absolute atomic E-state index is 0.0241. The third kappa shape index (κ3) is 2.73. The smallest absolute Gasteiger partial charge is 0.287 e. The zero-order chi connectivity index (χ0) is 13.3. The molecular formula is C11H16N2O4S. The minimum Gasteiger partial charge on any atom is -0.438 e. The number of hydrogen-bond donors (Lipinski definition) is 1. The van der Waals surface area contributed by atoms with Crippen LogP contribution in [0, 0.1) is 5.92 Å². The van der Waals surface area contributed by atoms with Crippen molar-refractivity contribution in [1.29, 1.82) is 0 Å². The fourth-order valence-electron chi connectivity index (χ4n) is 1.41. The number of hydrogen-bond acceptors (Lipinski definition) is 4. The van der Waals surface area contributed by atoms with Crippen LogP contribution in [-0.2, 0) is 10.0 Å². The molecule has 1 saturated carbocycles. The van der Waals surface area contributed by atoms with Gasteiger partial charge in [0.1, 0.15) is 0 Å². The van der Waals surface area contributed by atoms with Crippen LogP contribution in [0.5, 0.6) is 0 Å². The van der Waals surface area contributed by atoms with E-state index in [4.69, 9.17) is 4.42 Å². The number of carbonyl (C=O) groups is 1. The summed E-state index contributed by atoms with van der Waals surface area (Å²) < 4.78 is 29.6. The molecule has 1 aromatic heterocycles. The third-order valence-electron chi connectivity index (χ3n) is 2.79. The summed E-state index contributed by atoms with van der Waals surface area (Å²) in [6.45, 7) is 0.620. The molecule has 0 saturated heterocycles. The second kappa shape index (κ2) is 4.74. The molecule has 18 heavy (non-hydrogen) atoms. The molecule has 100 valence electrons. The van der Waals surface area contributed by atoms with Crippen LogP contribution in [0.1, 0.15) is 23.4 Å². The van der Waals surface area contributed by atoms with E-state index < -0.39 is 10.0 Å². The minimum atomic E-state index is -3.62. The maximum atomic E-state index is 11.7. The van der Waals surface area contributed by atoms with E-state index in [2.05, 4.69) is 5.32 Å². The molecule has 1 aliphatic carbocycles. The first-order valence-corrected chi connectivity index (χ1v) is 7.16. The van der Waals surface area contributed by atoms with Crippen LogP contribution in [0.25, 0.3) is 0 Å². The van der Waals surface area contributed by atoms with Gasteiger partial charge in [-0.25, -0.2) is 12.7 Å². The van der Waals surface area contributed by atoms with Gasteiger partial charge < -0.3 is 9.73 Å². The van der Waals surface area contributed by atoms with E-state index in [9.17, 15) is 13.2 Å². The Balaban J connectivity index is 2.07. The molecule has 1 amide bonds. The molecule has 0 unspecified atom stereocenters. The summed E-state index contributed by atoms with van der Waals surface area (Å²) in [4.78, 5) is 11.7. The van der Waals surface area contributed by atoms with Crippen LogP contribution in [0.2, 0.25) is 0 Å². The van der Waals surface area contributed by atoms with Crippen molar-refractivity contribution in [3.05, 3.63) is 17.9 Å². The average molecular weight is 272 g/mol. The maximum absolute atomic E-state index is 11.7. The van der Waals surface area contributed by atoms with Gasteiger partial charge in [-0.1, -0.05) is 0 Å². The third-order valence-corrected chi connectivity index (χ3v) is 4.48. The molecule has 0 aliphatic heterocycles. The zero-order valence-corrected chi connectivity index (χ0v) is 11.2. The molecule has 7 heteroatoms. The normalized spacial score (nSPS) is 15.9. The Bertz CT molecular complexity index is 543. The summed E-state index contributed by atoms with van der Waals surface area (Å²) >= 11 is 0. The Morgan fingerprint density at radius 3 is 2.67 bits per heavy atom. The predicted molar refractivity (Wildman–Crippen MR) is 64.6 cm³/mol. The average Bonchev–Trinajstić information content (AvgIpc) is 2.99. The highest BCUT2D eigenvalue weighted by atomic mass is 32.2. The molecule has 0 bridgehead atoms. The number of nitrogens with one attached hydrogen (secondary N) is 1. The monoisotopic (exact) mass is 272 g/mol. The first-order valence-electron chi connectivity index (χ1n) is 5.72. The summed E-state index contributed by atoms with van der Waals surface area (Å²) in [6, 6.07) is 2.67. The second-order valence-corrected chi connectivity index (χ2v) is 6.64. The second-order valence-electron chi connectivity index (χ2n) is 4.56. The van der Waals surface area contributed by atoms with Crippen LogP contribution in [0.4, 0.5) is 0 Å². The van der Waals surface area contributed by atoms with Gasteiger partial charge in [0.25, 0.3) is 15.9 Å². The highest BCUT2D eigenvalue weighted by molar-refractivity contribution is 7.88. The summed E-state index contributed by atoms with van der Waals surface area (Å²) in [7, 11) is -0.807. The predicted octanol–water partition coefficient (Wildman–Crippen LogP) is 0.670. The molecule has 1 heterocycles. The highest BCUT2D eigenvalue weighted by Gasteiger charge is 2.25. The van der Waals surface area contributed by atoms with Crippen molar-refractivity contribution in [1.82, 2.24) is 9.62 Å². The van der Waals surface area contributed by atoms with E-state index in [0.29, 0.717) is 12.5 Å². The Labute approximate surface area is 106 Å². The topological polar surface area (TPSA) is 79.6 Å². The fourth-order valence-corrected chi connectivity index (χ4v) is 2.20. The SMILES string of the molecule is CN(C)S(=O)(=O)c1ccc(C(=O)NCC2CC2)o1. The van der Waals surface area contributed by atoms with Gasteiger partial charge in [-0.3, -0.25) is 4.79 Å². The summed E-state index contributed by atoms with van der Waals surface area (Å²) in [5.74, 6) is 0.215. The molecule has 1 aromatic rings. The van der Waals surface area contributed by atoms with Crippen LogP contribution in [0.15, 0.2) is 21.6 Å². The maximum Gasteiger partial charge on any atom is 0.287 e. The van der Waals surface area contributed by atoms with Crippen LogP contribution >= 0.6 is 0 Å². The first-order chi connectivity index (χ1) is 8.41. The molecule has 0 aromatic carbocycles. The van der Waals surface area contributed by atoms with Gasteiger partial charge in [0.05, 0.1) is 0 Å². The Morgan fingerprint density at radius 1 is 1.44 bits per heavy atom. The lowest BCUT2D eigenvalue weighted by Crippen LogP contribution is -2.25. The first kappa shape index (κ1) is 13.1. The van der Waals surface area contributed by atoms with Crippen molar-refractivity contribution in [3.63, 3.8) is 0 Å². The molecule has 1 fully saturated rings. The molecule has 0 atom stereocenters. The largest absolute Gasteiger partial charge is 0.438 e. The van der Waals surface area contributed by atoms with Crippen molar-refractivity contribution in [2.75, 3.05) is 20.6 Å². The lowest BCUT2D eigenvalue weighted by Gasteiger charge is -2.07. The van der Waals surface area contributed by atoms with E-state index in [0.717, 1.165) is 17.1 Å². The van der Waals surface area contributed by atoms with Crippen molar-refractivity contribution >= 4 is 15.9 Å². The highest BCUT2D eigenvalue weighted by Crippen LogP contribution is 2.27. The Hall–Kier alpha value is -1.34. The summed E-state index contributed by atoms with van der Waals surface area (Å²) in [6.07, 6.45) is 2.28. The van der Waals surface area contributed by atoms with Gasteiger partial charge in [-0.05, 0) is 30.9 Å². The fraction of sp³-hybridized carbons (Fsp3) is 0.545. The lowest BCUT2D eigenvalue weighted by molar-refractivity contribution is 0.0918. The van der Waals surface area contributed by atoms with Crippen LogP contribution in [0.3, 0.4) is 0 Å². The Morgan fingerprint density at radius 2 is 2.11 bits per heavy atom.